The Balaban J connectivity index is 1.68. The Kier molecular flexibility index (Phi) is 4.60. The summed E-state index contributed by atoms with van der Waals surface area (Å²) in [5.41, 5.74) is 0.515. The molecule has 0 spiro atoms. The van der Waals surface area contributed by atoms with E-state index in [-0.39, 0.29) is 30.3 Å². The highest BCUT2D eigenvalue weighted by atomic mass is 79.9. The van der Waals surface area contributed by atoms with Crippen molar-refractivity contribution in [1.29, 1.82) is 0 Å². The van der Waals surface area contributed by atoms with Gasteiger partial charge in [0.05, 0.1) is 6.10 Å². The van der Waals surface area contributed by atoms with E-state index in [1.165, 1.54) is 11.8 Å². The van der Waals surface area contributed by atoms with Gasteiger partial charge in [-0.25, -0.2) is 0 Å². The molecule has 2 fully saturated rings. The minimum atomic E-state index is -0.959. The topological polar surface area (TPSA) is 98.7 Å². The minimum Gasteiger partial charge on any atom is -0.391 e. The lowest BCUT2D eigenvalue weighted by atomic mass is 10.0. The second kappa shape index (κ2) is 6.52. The Morgan fingerprint density at radius 1 is 1.38 bits per heavy atom. The van der Waals surface area contributed by atoms with Crippen molar-refractivity contribution in [2.24, 2.45) is 0 Å². The highest BCUT2D eigenvalue weighted by molar-refractivity contribution is 9.10. The van der Waals surface area contributed by atoms with Crippen LogP contribution >= 0.6 is 15.9 Å². The molecule has 128 valence electrons. The number of fused-ring (bicyclic) bond motifs is 1. The molecule has 2 aliphatic heterocycles. The third-order valence-corrected chi connectivity index (χ3v) is 4.90. The monoisotopic (exact) mass is 395 g/mol. The van der Waals surface area contributed by atoms with E-state index in [0.717, 1.165) is 4.47 Å². The molecule has 24 heavy (non-hydrogen) atoms. The summed E-state index contributed by atoms with van der Waals surface area (Å²) in [5.74, 6) is -0.844. The lowest BCUT2D eigenvalue weighted by molar-refractivity contribution is -0.149. The van der Waals surface area contributed by atoms with E-state index in [9.17, 15) is 19.5 Å². The molecule has 1 aromatic carbocycles. The molecule has 7 nitrogen and oxygen atoms in total. The van der Waals surface area contributed by atoms with Crippen LogP contribution in [0.4, 0.5) is 0 Å². The van der Waals surface area contributed by atoms with Crippen molar-refractivity contribution in [2.45, 2.75) is 37.6 Å². The van der Waals surface area contributed by atoms with Crippen molar-refractivity contribution in [1.82, 2.24) is 15.5 Å². The first kappa shape index (κ1) is 16.9. The molecular formula is C16H18BrN3O4. The van der Waals surface area contributed by atoms with Crippen LogP contribution < -0.4 is 10.6 Å². The van der Waals surface area contributed by atoms with Crippen LogP contribution in [-0.4, -0.2) is 58.5 Å². The van der Waals surface area contributed by atoms with E-state index in [1.54, 1.807) is 24.3 Å². The second-order valence-corrected chi connectivity index (χ2v) is 7.06. The molecule has 0 aromatic heterocycles. The predicted octanol–water partition coefficient (Wildman–Crippen LogP) is 0.0276. The maximum atomic E-state index is 12.4. The smallest absolute Gasteiger partial charge is 0.251 e. The third kappa shape index (κ3) is 3.16. The molecular weight excluding hydrogens is 378 g/mol. The summed E-state index contributed by atoms with van der Waals surface area (Å²) in [6, 6.07) is 5.13. The second-order valence-electron chi connectivity index (χ2n) is 6.15. The highest BCUT2D eigenvalue weighted by Gasteiger charge is 2.47. The Morgan fingerprint density at radius 3 is 2.67 bits per heavy atom. The predicted molar refractivity (Wildman–Crippen MR) is 89.1 cm³/mol. The molecule has 0 bridgehead atoms. The van der Waals surface area contributed by atoms with Crippen LogP contribution in [0, 0.1) is 0 Å². The fraction of sp³-hybridized carbons (Fsp3) is 0.438. The number of hydrogen-bond donors (Lipinski definition) is 3. The van der Waals surface area contributed by atoms with Gasteiger partial charge in [-0.3, -0.25) is 14.4 Å². The van der Waals surface area contributed by atoms with E-state index < -0.39 is 18.2 Å². The fourth-order valence-corrected chi connectivity index (χ4v) is 3.38. The summed E-state index contributed by atoms with van der Waals surface area (Å²) >= 11 is 3.31. The summed E-state index contributed by atoms with van der Waals surface area (Å²) in [4.78, 5) is 38.2. The number of hydrogen-bond acceptors (Lipinski definition) is 4. The molecule has 1 aromatic rings. The molecule has 0 unspecified atom stereocenters. The largest absolute Gasteiger partial charge is 0.391 e. The number of nitrogens with one attached hydrogen (secondary N) is 2. The van der Waals surface area contributed by atoms with Gasteiger partial charge in [-0.15, -0.1) is 0 Å². The van der Waals surface area contributed by atoms with Crippen LogP contribution in [0.3, 0.4) is 0 Å². The lowest BCUT2D eigenvalue weighted by Crippen LogP contribution is -2.64. The number of piperazine rings is 1. The van der Waals surface area contributed by atoms with Gasteiger partial charge in [0.15, 0.2) is 0 Å². The summed E-state index contributed by atoms with van der Waals surface area (Å²) in [7, 11) is 0. The summed E-state index contributed by atoms with van der Waals surface area (Å²) < 4.78 is 0.878. The first-order valence-corrected chi connectivity index (χ1v) is 8.51. The lowest BCUT2D eigenvalue weighted by Gasteiger charge is -2.35. The Labute approximate surface area is 147 Å². The molecule has 0 saturated carbocycles. The zero-order valence-corrected chi connectivity index (χ0v) is 14.6. The summed E-state index contributed by atoms with van der Waals surface area (Å²) in [6.07, 6.45) is -0.592. The van der Waals surface area contributed by atoms with Gasteiger partial charge >= 0.3 is 0 Å². The molecule has 2 heterocycles. The molecule has 2 aliphatic rings. The SMILES string of the molecule is C[C@@H](O)[C@@H]1NC(=O)[C@@H]2C[C@H](NC(=O)c3ccc(Br)cc3)CN2C1=O. The number of halogens is 1. The molecule has 3 N–H and O–H groups in total. The van der Waals surface area contributed by atoms with Crippen LogP contribution in [-0.2, 0) is 9.59 Å². The van der Waals surface area contributed by atoms with Crippen LogP contribution in [0.5, 0.6) is 0 Å². The van der Waals surface area contributed by atoms with Crippen molar-refractivity contribution in [3.8, 4) is 0 Å². The van der Waals surface area contributed by atoms with Crippen LogP contribution in [0.2, 0.25) is 0 Å². The molecule has 0 aliphatic carbocycles. The first-order valence-electron chi connectivity index (χ1n) is 7.72. The standard InChI is InChI=1S/C16H18BrN3O4/c1-8(21)13-16(24)20-7-11(6-12(20)15(23)19-13)18-14(22)9-2-4-10(17)5-3-9/h2-5,8,11-13,21H,6-7H2,1H3,(H,18,22)(H,19,23)/t8-,11+,12+,13+/m1/s1. The van der Waals surface area contributed by atoms with E-state index in [4.69, 9.17) is 0 Å². The number of carbonyl (C=O) groups excluding carboxylic acids is 3. The van der Waals surface area contributed by atoms with Gasteiger partial charge in [0, 0.05) is 22.6 Å². The normalized spacial score (nSPS) is 27.5. The third-order valence-electron chi connectivity index (χ3n) is 4.37. The number of aliphatic hydroxyl groups excluding tert-OH is 1. The van der Waals surface area contributed by atoms with E-state index >= 15 is 0 Å². The van der Waals surface area contributed by atoms with Crippen LogP contribution in [0.15, 0.2) is 28.7 Å². The van der Waals surface area contributed by atoms with Crippen molar-refractivity contribution in [2.75, 3.05) is 6.54 Å². The Bertz CT molecular complexity index is 676. The highest BCUT2D eigenvalue weighted by Crippen LogP contribution is 2.24. The first-order chi connectivity index (χ1) is 11.4. The molecule has 4 atom stereocenters. The molecule has 2 saturated heterocycles. The number of carbonyl (C=O) groups is 3. The average molecular weight is 396 g/mol. The zero-order valence-electron chi connectivity index (χ0n) is 13.0. The van der Waals surface area contributed by atoms with Gasteiger partial charge in [-0.1, -0.05) is 15.9 Å². The quantitative estimate of drug-likeness (QED) is 0.672. The van der Waals surface area contributed by atoms with Gasteiger partial charge in [0.2, 0.25) is 11.8 Å². The van der Waals surface area contributed by atoms with Gasteiger partial charge in [0.25, 0.3) is 5.91 Å². The molecule has 0 radical (unpaired) electrons. The van der Waals surface area contributed by atoms with Crippen LogP contribution in [0.1, 0.15) is 23.7 Å². The molecule has 8 heteroatoms. The summed E-state index contributed by atoms with van der Waals surface area (Å²) in [5, 5.41) is 15.0. The number of rotatable bonds is 3. The number of aliphatic hydroxyl groups is 1. The maximum Gasteiger partial charge on any atom is 0.251 e. The molecule has 3 rings (SSSR count). The van der Waals surface area contributed by atoms with Crippen molar-refractivity contribution >= 4 is 33.7 Å². The zero-order chi connectivity index (χ0) is 17.4. The van der Waals surface area contributed by atoms with Gasteiger partial charge in [-0.2, -0.15) is 0 Å². The fourth-order valence-electron chi connectivity index (χ4n) is 3.12. The van der Waals surface area contributed by atoms with Gasteiger partial charge in [0.1, 0.15) is 12.1 Å². The summed E-state index contributed by atoms with van der Waals surface area (Å²) in [6.45, 7) is 1.73. The minimum absolute atomic E-state index is 0.243. The maximum absolute atomic E-state index is 12.4. The molecule has 3 amide bonds. The number of amides is 3. The number of nitrogens with zero attached hydrogens (tertiary/aromatic N) is 1. The van der Waals surface area contributed by atoms with Gasteiger partial charge in [-0.05, 0) is 37.6 Å². The van der Waals surface area contributed by atoms with Crippen LogP contribution in [0.25, 0.3) is 0 Å². The van der Waals surface area contributed by atoms with Crippen molar-refractivity contribution in [3.63, 3.8) is 0 Å². The Hall–Kier alpha value is -1.93. The van der Waals surface area contributed by atoms with Crippen molar-refractivity contribution < 1.29 is 19.5 Å². The van der Waals surface area contributed by atoms with Crippen molar-refractivity contribution in [3.05, 3.63) is 34.3 Å². The van der Waals surface area contributed by atoms with E-state index in [0.29, 0.717) is 12.0 Å². The van der Waals surface area contributed by atoms with Gasteiger partial charge < -0.3 is 20.6 Å². The van der Waals surface area contributed by atoms with E-state index in [2.05, 4.69) is 26.6 Å². The average Bonchev–Trinajstić information content (AvgIpc) is 2.96. The Morgan fingerprint density at radius 2 is 2.04 bits per heavy atom. The number of benzene rings is 1. The van der Waals surface area contributed by atoms with E-state index in [1.807, 2.05) is 0 Å².